The Kier molecular flexibility index (Phi) is 3.32. The van der Waals surface area contributed by atoms with Gasteiger partial charge in [0, 0.05) is 12.2 Å². The number of rotatable bonds is 2. The standard InChI is InChI=1S/C11H18OS/c1-4-5-6-11(12)7-10(2,3)8-13-9-11/h1,12H,5-9H2,2-3H3. The Morgan fingerprint density at radius 1 is 1.46 bits per heavy atom. The van der Waals surface area contributed by atoms with Crippen molar-refractivity contribution < 1.29 is 5.11 Å². The van der Waals surface area contributed by atoms with Gasteiger partial charge in [0.15, 0.2) is 0 Å². The van der Waals surface area contributed by atoms with E-state index in [1.807, 2.05) is 11.8 Å². The molecule has 1 saturated heterocycles. The zero-order chi connectivity index (χ0) is 9.95. The lowest BCUT2D eigenvalue weighted by Gasteiger charge is -2.40. The van der Waals surface area contributed by atoms with Crippen molar-refractivity contribution in [2.45, 2.75) is 38.7 Å². The molecule has 1 unspecified atom stereocenters. The Bertz CT molecular complexity index is 217. The van der Waals surface area contributed by atoms with Gasteiger partial charge in [-0.1, -0.05) is 13.8 Å². The maximum absolute atomic E-state index is 10.2. The van der Waals surface area contributed by atoms with Crippen LogP contribution in [0.3, 0.4) is 0 Å². The van der Waals surface area contributed by atoms with E-state index in [1.165, 1.54) is 0 Å². The molecule has 0 aromatic rings. The molecule has 1 aliphatic rings. The molecule has 2 heteroatoms. The van der Waals surface area contributed by atoms with Gasteiger partial charge in [0.05, 0.1) is 5.60 Å². The third kappa shape index (κ3) is 3.25. The first-order valence-electron chi connectivity index (χ1n) is 4.71. The van der Waals surface area contributed by atoms with Crippen molar-refractivity contribution in [3.05, 3.63) is 0 Å². The quantitative estimate of drug-likeness (QED) is 0.687. The lowest BCUT2D eigenvalue weighted by Crippen LogP contribution is -2.42. The van der Waals surface area contributed by atoms with E-state index in [2.05, 4.69) is 19.8 Å². The smallest absolute Gasteiger partial charge is 0.0752 e. The van der Waals surface area contributed by atoms with Gasteiger partial charge in [0.25, 0.3) is 0 Å². The second-order valence-corrected chi connectivity index (χ2v) is 5.75. The van der Waals surface area contributed by atoms with Crippen LogP contribution in [0.4, 0.5) is 0 Å². The first-order chi connectivity index (χ1) is 5.97. The molecule has 1 heterocycles. The van der Waals surface area contributed by atoms with Crippen molar-refractivity contribution in [1.29, 1.82) is 0 Å². The average molecular weight is 198 g/mol. The molecule has 1 N–H and O–H groups in total. The van der Waals surface area contributed by atoms with Crippen LogP contribution in [0.2, 0.25) is 0 Å². The predicted octanol–water partition coefficient (Wildman–Crippen LogP) is 2.29. The van der Waals surface area contributed by atoms with Gasteiger partial charge in [-0.05, 0) is 24.0 Å². The van der Waals surface area contributed by atoms with E-state index < -0.39 is 5.60 Å². The SMILES string of the molecule is C#CCCC1(O)CSCC(C)(C)C1. The third-order valence-corrected chi connectivity index (χ3v) is 4.13. The molecule has 0 radical (unpaired) electrons. The second-order valence-electron chi connectivity index (χ2n) is 4.76. The second kappa shape index (κ2) is 3.94. The number of hydrogen-bond acceptors (Lipinski definition) is 2. The molecule has 0 aromatic heterocycles. The van der Waals surface area contributed by atoms with Crippen LogP contribution in [0.25, 0.3) is 0 Å². The molecule has 1 fully saturated rings. The summed E-state index contributed by atoms with van der Waals surface area (Å²) in [5.41, 5.74) is -0.259. The summed E-state index contributed by atoms with van der Waals surface area (Å²) in [4.78, 5) is 0. The van der Waals surface area contributed by atoms with Crippen LogP contribution >= 0.6 is 11.8 Å². The van der Waals surface area contributed by atoms with Gasteiger partial charge in [-0.3, -0.25) is 0 Å². The molecule has 0 bridgehead atoms. The zero-order valence-electron chi connectivity index (χ0n) is 8.47. The van der Waals surface area contributed by atoms with Gasteiger partial charge in [0.2, 0.25) is 0 Å². The molecule has 0 aromatic carbocycles. The fraction of sp³-hybridized carbons (Fsp3) is 0.818. The van der Waals surface area contributed by atoms with Crippen LogP contribution in [0, 0.1) is 17.8 Å². The van der Waals surface area contributed by atoms with E-state index in [0.29, 0.717) is 6.42 Å². The monoisotopic (exact) mass is 198 g/mol. The highest BCUT2D eigenvalue weighted by Gasteiger charge is 2.38. The Labute approximate surface area is 85.3 Å². The van der Waals surface area contributed by atoms with Crippen LogP contribution in [0.5, 0.6) is 0 Å². The highest BCUT2D eigenvalue weighted by Crippen LogP contribution is 2.40. The number of hydrogen-bond donors (Lipinski definition) is 1. The molecule has 13 heavy (non-hydrogen) atoms. The van der Waals surface area contributed by atoms with Crippen molar-refractivity contribution in [2.24, 2.45) is 5.41 Å². The van der Waals surface area contributed by atoms with E-state index in [1.54, 1.807) is 0 Å². The fourth-order valence-electron chi connectivity index (χ4n) is 1.98. The lowest BCUT2D eigenvalue weighted by atomic mass is 9.80. The molecule has 74 valence electrons. The van der Waals surface area contributed by atoms with E-state index >= 15 is 0 Å². The van der Waals surface area contributed by atoms with Crippen LogP contribution in [-0.2, 0) is 0 Å². The number of terminal acetylenes is 1. The fourth-order valence-corrected chi connectivity index (χ4v) is 3.36. The van der Waals surface area contributed by atoms with Crippen LogP contribution in [0.15, 0.2) is 0 Å². The maximum atomic E-state index is 10.2. The number of thioether (sulfide) groups is 1. The molecule has 1 atom stereocenters. The predicted molar refractivity (Wildman–Crippen MR) is 58.7 cm³/mol. The highest BCUT2D eigenvalue weighted by molar-refractivity contribution is 7.99. The van der Waals surface area contributed by atoms with Gasteiger partial charge in [0.1, 0.15) is 0 Å². The zero-order valence-corrected chi connectivity index (χ0v) is 9.28. The van der Waals surface area contributed by atoms with Gasteiger partial charge in [-0.2, -0.15) is 11.8 Å². The molecule has 0 saturated carbocycles. The van der Waals surface area contributed by atoms with Gasteiger partial charge in [-0.15, -0.1) is 12.3 Å². The van der Waals surface area contributed by atoms with Crippen molar-refractivity contribution >= 4 is 11.8 Å². The molecule has 0 amide bonds. The first-order valence-corrected chi connectivity index (χ1v) is 5.87. The normalized spacial score (nSPS) is 32.5. The van der Waals surface area contributed by atoms with E-state index in [9.17, 15) is 5.11 Å². The Hall–Kier alpha value is -0.130. The summed E-state index contributed by atoms with van der Waals surface area (Å²) < 4.78 is 0. The summed E-state index contributed by atoms with van der Waals surface area (Å²) in [5.74, 6) is 4.59. The van der Waals surface area contributed by atoms with E-state index in [4.69, 9.17) is 6.42 Å². The molecular formula is C11H18OS. The average Bonchev–Trinajstić information content (AvgIpc) is 1.98. The summed E-state index contributed by atoms with van der Waals surface area (Å²) in [6, 6.07) is 0. The Morgan fingerprint density at radius 2 is 2.15 bits per heavy atom. The van der Waals surface area contributed by atoms with Crippen molar-refractivity contribution in [3.8, 4) is 12.3 Å². The van der Waals surface area contributed by atoms with Crippen LogP contribution < -0.4 is 0 Å². The van der Waals surface area contributed by atoms with Crippen LogP contribution in [0.1, 0.15) is 33.1 Å². The first kappa shape index (κ1) is 10.9. The summed E-state index contributed by atoms with van der Waals surface area (Å²) in [6.07, 6.45) is 7.53. The third-order valence-electron chi connectivity index (χ3n) is 2.41. The Balaban J connectivity index is 2.53. The summed E-state index contributed by atoms with van der Waals surface area (Å²) in [7, 11) is 0. The summed E-state index contributed by atoms with van der Waals surface area (Å²) in [6.45, 7) is 4.42. The minimum absolute atomic E-state index is 0.256. The Morgan fingerprint density at radius 3 is 2.69 bits per heavy atom. The minimum Gasteiger partial charge on any atom is -0.389 e. The summed E-state index contributed by atoms with van der Waals surface area (Å²) in [5, 5.41) is 10.2. The van der Waals surface area contributed by atoms with Gasteiger partial charge in [-0.25, -0.2) is 0 Å². The summed E-state index contributed by atoms with van der Waals surface area (Å²) >= 11 is 1.84. The largest absolute Gasteiger partial charge is 0.389 e. The van der Waals surface area contributed by atoms with Crippen LogP contribution in [-0.4, -0.2) is 22.2 Å². The molecule has 1 nitrogen and oxygen atoms in total. The molecule has 1 aliphatic heterocycles. The van der Waals surface area contributed by atoms with E-state index in [0.717, 1.165) is 24.3 Å². The van der Waals surface area contributed by atoms with E-state index in [-0.39, 0.29) is 5.41 Å². The molecule has 0 spiro atoms. The minimum atomic E-state index is -0.515. The topological polar surface area (TPSA) is 20.2 Å². The van der Waals surface area contributed by atoms with Crippen molar-refractivity contribution in [2.75, 3.05) is 11.5 Å². The number of aliphatic hydroxyl groups is 1. The molecule has 0 aliphatic carbocycles. The van der Waals surface area contributed by atoms with Crippen molar-refractivity contribution in [1.82, 2.24) is 0 Å². The maximum Gasteiger partial charge on any atom is 0.0752 e. The van der Waals surface area contributed by atoms with Crippen molar-refractivity contribution in [3.63, 3.8) is 0 Å². The van der Waals surface area contributed by atoms with Gasteiger partial charge >= 0.3 is 0 Å². The highest BCUT2D eigenvalue weighted by atomic mass is 32.2. The molecule has 1 rings (SSSR count). The lowest BCUT2D eigenvalue weighted by molar-refractivity contribution is 0.0133. The van der Waals surface area contributed by atoms with Gasteiger partial charge < -0.3 is 5.11 Å². The molecular weight excluding hydrogens is 180 g/mol.